The van der Waals surface area contributed by atoms with E-state index < -0.39 is 0 Å². The molecule has 0 spiro atoms. The summed E-state index contributed by atoms with van der Waals surface area (Å²) in [6.07, 6.45) is 3.74. The van der Waals surface area contributed by atoms with E-state index in [1.807, 2.05) is 18.2 Å². The smallest absolute Gasteiger partial charge is 0.277 e. The van der Waals surface area contributed by atoms with Crippen molar-refractivity contribution in [3.63, 3.8) is 0 Å². The van der Waals surface area contributed by atoms with Crippen LogP contribution in [0.4, 0.5) is 5.69 Å². The SMILES string of the molecule is CCCN1c2cc(Cl)c(/C=N\NC(=O)COc3ccc(Br)cc3)cc2C(C)CC1(C)C. The van der Waals surface area contributed by atoms with Crippen molar-refractivity contribution in [1.82, 2.24) is 5.43 Å². The van der Waals surface area contributed by atoms with Crippen LogP contribution in [0.15, 0.2) is 46.0 Å². The lowest BCUT2D eigenvalue weighted by atomic mass is 9.79. The zero-order valence-corrected chi connectivity index (χ0v) is 20.8. The van der Waals surface area contributed by atoms with E-state index in [-0.39, 0.29) is 18.1 Å². The molecule has 1 aliphatic rings. The first kappa shape index (κ1) is 23.6. The Bertz CT molecular complexity index is 960. The van der Waals surface area contributed by atoms with E-state index in [9.17, 15) is 4.79 Å². The Labute approximate surface area is 197 Å². The molecule has 1 heterocycles. The highest BCUT2D eigenvalue weighted by atomic mass is 79.9. The predicted molar refractivity (Wildman–Crippen MR) is 132 cm³/mol. The van der Waals surface area contributed by atoms with Crippen LogP contribution in [-0.2, 0) is 4.79 Å². The molecule has 1 unspecified atom stereocenters. The fourth-order valence-corrected chi connectivity index (χ4v) is 4.62. The normalized spacial score (nSPS) is 17.5. The summed E-state index contributed by atoms with van der Waals surface area (Å²) in [6, 6.07) is 11.4. The van der Waals surface area contributed by atoms with E-state index in [4.69, 9.17) is 16.3 Å². The minimum Gasteiger partial charge on any atom is -0.484 e. The summed E-state index contributed by atoms with van der Waals surface area (Å²) in [4.78, 5) is 14.5. The number of carbonyl (C=O) groups is 1. The second-order valence-corrected chi connectivity index (χ2v) is 9.86. The molecule has 5 nitrogen and oxygen atoms in total. The van der Waals surface area contributed by atoms with Crippen molar-refractivity contribution in [1.29, 1.82) is 0 Å². The summed E-state index contributed by atoms with van der Waals surface area (Å²) >= 11 is 9.94. The molecule has 0 saturated carbocycles. The second kappa shape index (κ2) is 10.0. The molecule has 0 saturated heterocycles. The Morgan fingerprint density at radius 3 is 2.74 bits per heavy atom. The highest BCUT2D eigenvalue weighted by Crippen LogP contribution is 2.45. The van der Waals surface area contributed by atoms with Crippen LogP contribution in [0.2, 0.25) is 5.02 Å². The number of carbonyl (C=O) groups excluding carboxylic acids is 1. The average molecular weight is 507 g/mol. The van der Waals surface area contributed by atoms with Gasteiger partial charge in [-0.2, -0.15) is 5.10 Å². The minimum atomic E-state index is -0.336. The molecule has 2 aromatic rings. The van der Waals surface area contributed by atoms with Gasteiger partial charge in [-0.25, -0.2) is 5.43 Å². The van der Waals surface area contributed by atoms with Crippen molar-refractivity contribution >= 4 is 45.3 Å². The molecule has 0 radical (unpaired) electrons. The van der Waals surface area contributed by atoms with E-state index in [0.717, 1.165) is 29.4 Å². The van der Waals surface area contributed by atoms with Gasteiger partial charge in [-0.05, 0) is 74.6 Å². The number of hydrazone groups is 1. The Morgan fingerprint density at radius 2 is 2.06 bits per heavy atom. The summed E-state index contributed by atoms with van der Waals surface area (Å²) in [5.74, 6) is 0.697. The lowest BCUT2D eigenvalue weighted by Gasteiger charge is -2.47. The van der Waals surface area contributed by atoms with Crippen molar-refractivity contribution in [3.05, 3.63) is 57.0 Å². The van der Waals surface area contributed by atoms with Gasteiger partial charge < -0.3 is 9.64 Å². The summed E-state index contributed by atoms with van der Waals surface area (Å²) in [6.45, 7) is 9.90. The van der Waals surface area contributed by atoms with Crippen LogP contribution in [0.3, 0.4) is 0 Å². The third-order valence-electron chi connectivity index (χ3n) is 5.53. The number of hydrogen-bond acceptors (Lipinski definition) is 4. The summed E-state index contributed by atoms with van der Waals surface area (Å²) in [5.41, 5.74) is 5.84. The molecular weight excluding hydrogens is 478 g/mol. The van der Waals surface area contributed by atoms with Gasteiger partial charge in [-0.1, -0.05) is 41.4 Å². The zero-order valence-electron chi connectivity index (χ0n) is 18.4. The second-order valence-electron chi connectivity index (χ2n) is 8.54. The van der Waals surface area contributed by atoms with Crippen LogP contribution in [0.1, 0.15) is 57.6 Å². The number of ether oxygens (including phenoxy) is 1. The Kier molecular flexibility index (Phi) is 7.65. The molecule has 31 heavy (non-hydrogen) atoms. The zero-order chi connectivity index (χ0) is 22.6. The highest BCUT2D eigenvalue weighted by Gasteiger charge is 2.36. The molecule has 0 aliphatic carbocycles. The first-order valence-electron chi connectivity index (χ1n) is 10.5. The fourth-order valence-electron chi connectivity index (χ4n) is 4.15. The number of hydrogen-bond donors (Lipinski definition) is 1. The van der Waals surface area contributed by atoms with E-state index in [0.29, 0.717) is 16.7 Å². The molecular formula is C24H29BrClN3O2. The van der Waals surface area contributed by atoms with E-state index in [1.54, 1.807) is 18.3 Å². The van der Waals surface area contributed by atoms with Crippen molar-refractivity contribution in [2.24, 2.45) is 5.10 Å². The monoisotopic (exact) mass is 505 g/mol. The van der Waals surface area contributed by atoms with Gasteiger partial charge in [0.1, 0.15) is 5.75 Å². The fraction of sp³-hybridized carbons (Fsp3) is 0.417. The van der Waals surface area contributed by atoms with Crippen molar-refractivity contribution in [3.8, 4) is 5.75 Å². The van der Waals surface area contributed by atoms with Crippen LogP contribution < -0.4 is 15.1 Å². The number of benzene rings is 2. The first-order chi connectivity index (χ1) is 14.7. The summed E-state index contributed by atoms with van der Waals surface area (Å²) in [5, 5.41) is 4.70. The number of fused-ring (bicyclic) bond motifs is 1. The maximum absolute atomic E-state index is 12.0. The third kappa shape index (κ3) is 5.80. The number of nitrogens with zero attached hydrogens (tertiary/aromatic N) is 2. The van der Waals surface area contributed by atoms with E-state index in [1.165, 1.54) is 11.3 Å². The largest absolute Gasteiger partial charge is 0.484 e. The Hall–Kier alpha value is -2.05. The minimum absolute atomic E-state index is 0.0875. The van der Waals surface area contributed by atoms with Crippen molar-refractivity contribution < 1.29 is 9.53 Å². The first-order valence-corrected chi connectivity index (χ1v) is 11.7. The summed E-state index contributed by atoms with van der Waals surface area (Å²) in [7, 11) is 0. The van der Waals surface area contributed by atoms with Crippen LogP contribution in [-0.4, -0.2) is 30.8 Å². The Balaban J connectivity index is 1.68. The topological polar surface area (TPSA) is 53.9 Å². The summed E-state index contributed by atoms with van der Waals surface area (Å²) < 4.78 is 6.40. The number of amides is 1. The van der Waals surface area contributed by atoms with Gasteiger partial charge in [0.15, 0.2) is 6.61 Å². The average Bonchev–Trinajstić information content (AvgIpc) is 2.71. The van der Waals surface area contributed by atoms with Gasteiger partial charge in [0.25, 0.3) is 5.91 Å². The van der Waals surface area contributed by atoms with Gasteiger partial charge >= 0.3 is 0 Å². The number of anilines is 1. The molecule has 1 atom stereocenters. The van der Waals surface area contributed by atoms with E-state index >= 15 is 0 Å². The third-order valence-corrected chi connectivity index (χ3v) is 6.38. The van der Waals surface area contributed by atoms with Crippen molar-refractivity contribution in [2.75, 3.05) is 18.1 Å². The maximum Gasteiger partial charge on any atom is 0.277 e. The molecule has 0 bridgehead atoms. The molecule has 7 heteroatoms. The maximum atomic E-state index is 12.0. The molecule has 1 aliphatic heterocycles. The molecule has 3 rings (SSSR count). The van der Waals surface area contributed by atoms with Gasteiger partial charge in [-0.15, -0.1) is 0 Å². The van der Waals surface area contributed by atoms with Crippen LogP contribution in [0.5, 0.6) is 5.75 Å². The molecule has 0 fully saturated rings. The molecule has 1 amide bonds. The van der Waals surface area contributed by atoms with Gasteiger partial charge in [0.05, 0.1) is 11.2 Å². The number of nitrogens with one attached hydrogen (secondary N) is 1. The Morgan fingerprint density at radius 1 is 1.35 bits per heavy atom. The predicted octanol–water partition coefficient (Wildman–Crippen LogP) is 6.13. The van der Waals surface area contributed by atoms with Gasteiger partial charge in [0, 0.05) is 27.8 Å². The van der Waals surface area contributed by atoms with Crippen LogP contribution in [0, 0.1) is 0 Å². The van der Waals surface area contributed by atoms with E-state index in [2.05, 4.69) is 65.1 Å². The van der Waals surface area contributed by atoms with Gasteiger partial charge in [0.2, 0.25) is 0 Å². The lowest BCUT2D eigenvalue weighted by molar-refractivity contribution is -0.123. The number of rotatable bonds is 7. The van der Waals surface area contributed by atoms with Crippen LogP contribution in [0.25, 0.3) is 0 Å². The quantitative estimate of drug-likeness (QED) is 0.363. The molecule has 2 aromatic carbocycles. The number of halogens is 2. The van der Waals surface area contributed by atoms with Crippen LogP contribution >= 0.6 is 27.5 Å². The standard InChI is InChI=1S/C24H29BrClN3O2/c1-5-10-29-22-12-21(26)17(11-20(22)16(2)13-24(29,3)4)14-27-28-23(30)15-31-19-8-6-18(25)7-9-19/h6-9,11-12,14,16H,5,10,13,15H2,1-4H3,(H,28,30)/b27-14-. The molecule has 1 N–H and O–H groups in total. The lowest BCUT2D eigenvalue weighted by Crippen LogP contribution is -2.48. The molecule has 0 aromatic heterocycles. The van der Waals surface area contributed by atoms with Crippen molar-refractivity contribution in [2.45, 2.75) is 52.0 Å². The highest BCUT2D eigenvalue weighted by molar-refractivity contribution is 9.10. The van der Waals surface area contributed by atoms with Gasteiger partial charge in [-0.3, -0.25) is 4.79 Å². The molecule has 166 valence electrons.